The van der Waals surface area contributed by atoms with Crippen molar-refractivity contribution in [1.29, 1.82) is 0 Å². The van der Waals surface area contributed by atoms with Crippen LogP contribution in [0.15, 0.2) is 0 Å². The molecule has 0 aromatic carbocycles. The first kappa shape index (κ1) is 25.2. The van der Waals surface area contributed by atoms with Crippen LogP contribution in [0.1, 0.15) is 46.5 Å². The fraction of sp³-hybridized carbons (Fsp3) is 0.737. The Labute approximate surface area is 176 Å². The first-order valence-corrected chi connectivity index (χ1v) is 9.91. The Hall–Kier alpha value is -2.85. The molecule has 0 spiro atoms. The maximum atomic E-state index is 12.4. The number of methoxy groups -OCH3 is 1. The zero-order valence-electron chi connectivity index (χ0n) is 18.0. The number of esters is 1. The lowest BCUT2D eigenvalue weighted by molar-refractivity contribution is -0.140. The van der Waals surface area contributed by atoms with Gasteiger partial charge in [-0.25, -0.2) is 4.79 Å². The minimum atomic E-state index is -0.651. The van der Waals surface area contributed by atoms with Gasteiger partial charge < -0.3 is 30.3 Å². The lowest BCUT2D eigenvalue weighted by atomic mass is 10.2. The van der Waals surface area contributed by atoms with Crippen LogP contribution in [0.3, 0.4) is 0 Å². The molecule has 0 aromatic rings. The molecule has 11 nitrogen and oxygen atoms in total. The molecule has 1 atom stereocenters. The second-order valence-electron chi connectivity index (χ2n) is 7.82. The molecule has 1 fully saturated rings. The summed E-state index contributed by atoms with van der Waals surface area (Å²) >= 11 is 0. The smallest absolute Gasteiger partial charge is 0.407 e. The van der Waals surface area contributed by atoms with Crippen LogP contribution in [0.4, 0.5) is 4.79 Å². The standard InChI is InChI=1S/C19H32N4O7/c1-19(2,3)30-18(28)21-9-7-15(25)23-11-5-6-13(23)17(27)22-12-14(24)20-10-8-16(26)29-4/h13H,5-12H2,1-4H3,(H,20,24)(H,21,28)(H,22,27)/t13-/m1/s1. The molecule has 1 aliphatic heterocycles. The van der Waals surface area contributed by atoms with Crippen molar-refractivity contribution < 1.29 is 33.4 Å². The molecular formula is C19H32N4O7. The summed E-state index contributed by atoms with van der Waals surface area (Å²) < 4.78 is 9.57. The van der Waals surface area contributed by atoms with E-state index in [4.69, 9.17) is 4.74 Å². The van der Waals surface area contributed by atoms with E-state index in [2.05, 4.69) is 20.7 Å². The highest BCUT2D eigenvalue weighted by molar-refractivity contribution is 5.91. The van der Waals surface area contributed by atoms with Gasteiger partial charge in [0.15, 0.2) is 0 Å². The van der Waals surface area contributed by atoms with Crippen molar-refractivity contribution in [3.63, 3.8) is 0 Å². The highest BCUT2D eigenvalue weighted by atomic mass is 16.6. The number of carbonyl (C=O) groups is 5. The van der Waals surface area contributed by atoms with Crippen LogP contribution in [-0.4, -0.2) is 79.6 Å². The van der Waals surface area contributed by atoms with E-state index in [9.17, 15) is 24.0 Å². The van der Waals surface area contributed by atoms with Gasteiger partial charge in [0, 0.05) is 26.1 Å². The molecular weight excluding hydrogens is 396 g/mol. The van der Waals surface area contributed by atoms with E-state index in [1.807, 2.05) is 0 Å². The predicted molar refractivity (Wildman–Crippen MR) is 106 cm³/mol. The van der Waals surface area contributed by atoms with Gasteiger partial charge in [0.1, 0.15) is 11.6 Å². The summed E-state index contributed by atoms with van der Waals surface area (Å²) in [4.78, 5) is 60.6. The topological polar surface area (TPSA) is 143 Å². The number of hydrogen-bond acceptors (Lipinski definition) is 7. The van der Waals surface area contributed by atoms with Crippen molar-refractivity contribution in [3.8, 4) is 0 Å². The zero-order valence-corrected chi connectivity index (χ0v) is 18.0. The number of alkyl carbamates (subject to hydrolysis) is 1. The number of hydrogen-bond donors (Lipinski definition) is 3. The molecule has 0 unspecified atom stereocenters. The monoisotopic (exact) mass is 428 g/mol. The summed E-state index contributed by atoms with van der Waals surface area (Å²) in [6.07, 6.45) is 0.648. The predicted octanol–water partition coefficient (Wildman–Crippen LogP) is -0.312. The number of nitrogens with zero attached hydrogens (tertiary/aromatic N) is 1. The van der Waals surface area contributed by atoms with Crippen molar-refractivity contribution in [3.05, 3.63) is 0 Å². The van der Waals surface area contributed by atoms with E-state index in [1.165, 1.54) is 12.0 Å². The Morgan fingerprint density at radius 1 is 1.00 bits per heavy atom. The summed E-state index contributed by atoms with van der Waals surface area (Å²) in [5, 5.41) is 7.52. The van der Waals surface area contributed by atoms with Crippen LogP contribution >= 0.6 is 0 Å². The van der Waals surface area contributed by atoms with Crippen molar-refractivity contribution in [2.45, 2.75) is 58.1 Å². The summed E-state index contributed by atoms with van der Waals surface area (Å²) in [5.74, 6) is -1.56. The lowest BCUT2D eigenvalue weighted by Crippen LogP contribution is -2.48. The largest absolute Gasteiger partial charge is 0.469 e. The molecule has 4 amide bonds. The van der Waals surface area contributed by atoms with Crippen LogP contribution < -0.4 is 16.0 Å². The van der Waals surface area contributed by atoms with Crippen molar-refractivity contribution >= 4 is 29.8 Å². The van der Waals surface area contributed by atoms with E-state index in [1.54, 1.807) is 20.8 Å². The number of rotatable bonds is 9. The molecule has 1 heterocycles. The third-order valence-electron chi connectivity index (χ3n) is 4.19. The summed E-state index contributed by atoms with van der Waals surface area (Å²) in [5.41, 5.74) is -0.627. The molecule has 0 radical (unpaired) electrons. The molecule has 1 aliphatic rings. The van der Waals surface area contributed by atoms with Gasteiger partial charge in [0.05, 0.1) is 20.1 Å². The van der Waals surface area contributed by atoms with E-state index in [-0.39, 0.29) is 38.4 Å². The number of likely N-dealkylation sites (tertiary alicyclic amines) is 1. The molecule has 0 bridgehead atoms. The normalized spacial score (nSPS) is 15.9. The first-order chi connectivity index (χ1) is 14.0. The van der Waals surface area contributed by atoms with Gasteiger partial charge in [0.25, 0.3) is 0 Å². The highest BCUT2D eigenvalue weighted by Crippen LogP contribution is 2.18. The zero-order chi connectivity index (χ0) is 22.7. The van der Waals surface area contributed by atoms with E-state index < -0.39 is 35.5 Å². The summed E-state index contributed by atoms with van der Waals surface area (Å²) in [6.45, 7) is 5.62. The van der Waals surface area contributed by atoms with E-state index in [0.29, 0.717) is 19.4 Å². The van der Waals surface area contributed by atoms with Gasteiger partial charge in [-0.15, -0.1) is 0 Å². The number of carbonyl (C=O) groups excluding carboxylic acids is 5. The average Bonchev–Trinajstić information content (AvgIpc) is 3.14. The average molecular weight is 428 g/mol. The number of ether oxygens (including phenoxy) is 2. The maximum absolute atomic E-state index is 12.4. The molecule has 1 saturated heterocycles. The van der Waals surface area contributed by atoms with Crippen LogP contribution in [0.5, 0.6) is 0 Å². The van der Waals surface area contributed by atoms with Crippen LogP contribution in [0.25, 0.3) is 0 Å². The van der Waals surface area contributed by atoms with Gasteiger partial charge in [0.2, 0.25) is 17.7 Å². The number of nitrogens with one attached hydrogen (secondary N) is 3. The van der Waals surface area contributed by atoms with Crippen molar-refractivity contribution in [1.82, 2.24) is 20.9 Å². The van der Waals surface area contributed by atoms with Gasteiger partial charge in [-0.2, -0.15) is 0 Å². The number of amides is 4. The third-order valence-corrected chi connectivity index (χ3v) is 4.19. The highest BCUT2D eigenvalue weighted by Gasteiger charge is 2.33. The van der Waals surface area contributed by atoms with Crippen molar-refractivity contribution in [2.75, 3.05) is 33.3 Å². The molecule has 30 heavy (non-hydrogen) atoms. The van der Waals surface area contributed by atoms with Gasteiger partial charge in [-0.1, -0.05) is 0 Å². The SMILES string of the molecule is COC(=O)CCNC(=O)CNC(=O)[C@H]1CCCN1C(=O)CCNC(=O)OC(C)(C)C. The Morgan fingerprint density at radius 3 is 2.30 bits per heavy atom. The van der Waals surface area contributed by atoms with Crippen LogP contribution in [0, 0.1) is 0 Å². The fourth-order valence-electron chi connectivity index (χ4n) is 2.82. The van der Waals surface area contributed by atoms with Crippen molar-refractivity contribution in [2.24, 2.45) is 0 Å². The Balaban J connectivity index is 2.37. The Bertz CT molecular complexity index is 645. The second-order valence-corrected chi connectivity index (χ2v) is 7.82. The molecule has 0 aliphatic carbocycles. The van der Waals surface area contributed by atoms with E-state index in [0.717, 1.165) is 0 Å². The molecule has 3 N–H and O–H groups in total. The van der Waals surface area contributed by atoms with Gasteiger partial charge in [-0.3, -0.25) is 19.2 Å². The molecule has 170 valence electrons. The molecule has 0 aromatic heterocycles. The third kappa shape index (κ3) is 9.57. The van der Waals surface area contributed by atoms with Gasteiger partial charge >= 0.3 is 12.1 Å². The Kier molecular flexibility index (Phi) is 10.1. The van der Waals surface area contributed by atoms with Crippen LogP contribution in [-0.2, 0) is 28.7 Å². The molecule has 0 saturated carbocycles. The summed E-state index contributed by atoms with van der Waals surface area (Å²) in [7, 11) is 1.26. The summed E-state index contributed by atoms with van der Waals surface area (Å²) in [6, 6.07) is -0.651. The lowest BCUT2D eigenvalue weighted by Gasteiger charge is -2.24. The Morgan fingerprint density at radius 2 is 1.67 bits per heavy atom. The molecule has 11 heteroatoms. The van der Waals surface area contributed by atoms with Gasteiger partial charge in [-0.05, 0) is 33.6 Å². The van der Waals surface area contributed by atoms with Crippen LogP contribution in [0.2, 0.25) is 0 Å². The van der Waals surface area contributed by atoms with E-state index >= 15 is 0 Å². The minimum absolute atomic E-state index is 0.0387. The second kappa shape index (κ2) is 12.0. The minimum Gasteiger partial charge on any atom is -0.469 e. The molecule has 1 rings (SSSR count). The fourth-order valence-corrected chi connectivity index (χ4v) is 2.82. The quantitative estimate of drug-likeness (QED) is 0.427. The first-order valence-electron chi connectivity index (χ1n) is 9.91. The maximum Gasteiger partial charge on any atom is 0.407 e.